The molecule has 2 aromatic rings. The summed E-state index contributed by atoms with van der Waals surface area (Å²) < 4.78 is 13.1. The fourth-order valence-electron chi connectivity index (χ4n) is 1.55. The second-order valence-corrected chi connectivity index (χ2v) is 5.25. The van der Waals surface area contributed by atoms with Crippen LogP contribution in [0.2, 0.25) is 20.1 Å². The minimum atomic E-state index is -0.529. The molecule has 0 aliphatic rings. The Morgan fingerprint density at radius 1 is 0.947 bits per heavy atom. The van der Waals surface area contributed by atoms with Gasteiger partial charge in [-0.25, -0.2) is 4.39 Å². The Labute approximate surface area is 128 Å². The number of hydrogen-bond acceptors (Lipinski definition) is 1. The maximum Gasteiger partial charge on any atom is 0.196 e. The lowest BCUT2D eigenvalue weighted by Crippen LogP contribution is -2.04. The average Bonchev–Trinajstić information content (AvgIpc) is 2.36. The number of hydrogen-bond donors (Lipinski definition) is 0. The van der Waals surface area contributed by atoms with E-state index >= 15 is 0 Å². The van der Waals surface area contributed by atoms with Gasteiger partial charge >= 0.3 is 0 Å². The van der Waals surface area contributed by atoms with Crippen molar-refractivity contribution in [2.45, 2.75) is 0 Å². The van der Waals surface area contributed by atoms with Gasteiger partial charge in [0.2, 0.25) is 0 Å². The van der Waals surface area contributed by atoms with Gasteiger partial charge in [0.05, 0.1) is 25.7 Å². The molecule has 98 valence electrons. The summed E-state index contributed by atoms with van der Waals surface area (Å²) in [5.41, 5.74) is 0.130. The Hall–Kier alpha value is -0.800. The summed E-state index contributed by atoms with van der Waals surface area (Å²) in [6.07, 6.45) is 0. The van der Waals surface area contributed by atoms with Gasteiger partial charge in [0, 0.05) is 5.56 Å². The van der Waals surface area contributed by atoms with Crippen molar-refractivity contribution in [2.75, 3.05) is 0 Å². The second kappa shape index (κ2) is 5.68. The lowest BCUT2D eigenvalue weighted by atomic mass is 10.0. The van der Waals surface area contributed by atoms with Crippen molar-refractivity contribution >= 4 is 52.2 Å². The molecule has 0 heterocycles. The molecular weight excluding hydrogens is 333 g/mol. The quantitative estimate of drug-likeness (QED) is 0.392. The minimum Gasteiger partial charge on any atom is -0.288 e. The molecule has 2 aromatic carbocycles. The van der Waals surface area contributed by atoms with Gasteiger partial charge in [-0.2, -0.15) is 0 Å². The minimum absolute atomic E-state index is 0.00309. The van der Waals surface area contributed by atoms with Gasteiger partial charge in [0.25, 0.3) is 0 Å². The van der Waals surface area contributed by atoms with Crippen LogP contribution in [0.25, 0.3) is 0 Å². The van der Waals surface area contributed by atoms with Crippen LogP contribution in [0.1, 0.15) is 15.9 Å². The van der Waals surface area contributed by atoms with Crippen LogP contribution in [-0.4, -0.2) is 5.78 Å². The molecule has 0 aliphatic carbocycles. The Kier molecular flexibility index (Phi) is 4.36. The van der Waals surface area contributed by atoms with Crippen molar-refractivity contribution in [3.8, 4) is 0 Å². The third kappa shape index (κ3) is 2.87. The number of benzene rings is 2. The number of ketones is 1. The van der Waals surface area contributed by atoms with Crippen LogP contribution in [-0.2, 0) is 0 Å². The Morgan fingerprint density at radius 2 is 1.63 bits per heavy atom. The Morgan fingerprint density at radius 3 is 2.26 bits per heavy atom. The molecule has 0 amide bonds. The monoisotopic (exact) mass is 336 g/mol. The van der Waals surface area contributed by atoms with Crippen molar-refractivity contribution in [3.05, 3.63) is 67.4 Å². The highest BCUT2D eigenvalue weighted by molar-refractivity contribution is 6.51. The van der Waals surface area contributed by atoms with Crippen LogP contribution in [0.4, 0.5) is 4.39 Å². The standard InChI is InChI=1S/C13H5Cl4FO/c14-8-5-9(15)11(16)12(17)10(8)13(19)6-2-1-3-7(18)4-6/h1-5H. The maximum atomic E-state index is 13.1. The molecule has 0 N–H and O–H groups in total. The van der Waals surface area contributed by atoms with Gasteiger partial charge < -0.3 is 0 Å². The van der Waals surface area contributed by atoms with Crippen molar-refractivity contribution in [2.24, 2.45) is 0 Å². The zero-order valence-corrected chi connectivity index (χ0v) is 12.2. The van der Waals surface area contributed by atoms with E-state index in [0.29, 0.717) is 0 Å². The maximum absolute atomic E-state index is 13.1. The molecule has 0 aromatic heterocycles. The highest BCUT2D eigenvalue weighted by atomic mass is 35.5. The fourth-order valence-corrected chi connectivity index (χ4v) is 2.63. The molecule has 6 heteroatoms. The molecule has 0 saturated heterocycles. The third-order valence-corrected chi connectivity index (χ3v) is 3.99. The lowest BCUT2D eigenvalue weighted by Gasteiger charge is -2.09. The summed E-state index contributed by atoms with van der Waals surface area (Å²) >= 11 is 23.6. The van der Waals surface area contributed by atoms with Crippen LogP contribution in [0.3, 0.4) is 0 Å². The molecule has 0 unspecified atom stereocenters. The van der Waals surface area contributed by atoms with E-state index < -0.39 is 11.6 Å². The molecule has 19 heavy (non-hydrogen) atoms. The van der Waals surface area contributed by atoms with E-state index in [1.54, 1.807) is 0 Å². The van der Waals surface area contributed by atoms with Gasteiger partial charge in [-0.1, -0.05) is 58.5 Å². The van der Waals surface area contributed by atoms with Crippen LogP contribution in [0, 0.1) is 5.82 Å². The molecule has 0 atom stereocenters. The first kappa shape index (κ1) is 14.6. The van der Waals surface area contributed by atoms with Gasteiger partial charge in [0.1, 0.15) is 5.82 Å². The zero-order chi connectivity index (χ0) is 14.2. The Bertz CT molecular complexity index is 670. The first-order chi connectivity index (χ1) is 8.91. The van der Waals surface area contributed by atoms with Gasteiger partial charge in [-0.15, -0.1) is 0 Å². The molecule has 2 rings (SSSR count). The largest absolute Gasteiger partial charge is 0.288 e. The highest BCUT2D eigenvalue weighted by Gasteiger charge is 2.21. The normalized spacial score (nSPS) is 10.6. The van der Waals surface area contributed by atoms with E-state index in [0.717, 1.165) is 6.07 Å². The third-order valence-electron chi connectivity index (χ3n) is 2.43. The van der Waals surface area contributed by atoms with Crippen LogP contribution in [0.5, 0.6) is 0 Å². The smallest absolute Gasteiger partial charge is 0.196 e. The summed E-state index contributed by atoms with van der Waals surface area (Å²) in [4.78, 5) is 12.3. The fraction of sp³-hybridized carbons (Fsp3) is 0. The number of carbonyl (C=O) groups is 1. The average molecular weight is 338 g/mol. The van der Waals surface area contributed by atoms with Gasteiger partial charge in [0.15, 0.2) is 5.78 Å². The molecule has 0 spiro atoms. The first-order valence-corrected chi connectivity index (χ1v) is 6.56. The van der Waals surface area contributed by atoms with E-state index in [4.69, 9.17) is 46.4 Å². The first-order valence-electron chi connectivity index (χ1n) is 5.05. The van der Waals surface area contributed by atoms with E-state index in [1.807, 2.05) is 0 Å². The molecule has 1 nitrogen and oxygen atoms in total. The van der Waals surface area contributed by atoms with Crippen molar-refractivity contribution in [1.29, 1.82) is 0 Å². The molecule has 0 fully saturated rings. The molecular formula is C13H5Cl4FO. The summed E-state index contributed by atoms with van der Waals surface area (Å²) in [5, 5.41) is 0.196. The summed E-state index contributed by atoms with van der Waals surface area (Å²) in [6.45, 7) is 0. The second-order valence-electron chi connectivity index (χ2n) is 3.68. The summed E-state index contributed by atoms with van der Waals surface area (Å²) in [6, 6.07) is 6.53. The van der Waals surface area contributed by atoms with Crippen LogP contribution >= 0.6 is 46.4 Å². The Balaban J connectivity index is 2.60. The van der Waals surface area contributed by atoms with Gasteiger partial charge in [-0.05, 0) is 18.2 Å². The lowest BCUT2D eigenvalue weighted by molar-refractivity contribution is 0.103. The number of halogens is 5. The van der Waals surface area contributed by atoms with Crippen molar-refractivity contribution < 1.29 is 9.18 Å². The number of rotatable bonds is 2. The summed E-state index contributed by atoms with van der Waals surface area (Å²) in [5.74, 6) is -1.05. The SMILES string of the molecule is O=C(c1cccc(F)c1)c1c(Cl)cc(Cl)c(Cl)c1Cl. The van der Waals surface area contributed by atoms with Crippen molar-refractivity contribution in [3.63, 3.8) is 0 Å². The van der Waals surface area contributed by atoms with E-state index in [-0.39, 0.29) is 31.2 Å². The molecule has 0 bridgehead atoms. The molecule has 0 radical (unpaired) electrons. The zero-order valence-electron chi connectivity index (χ0n) is 9.18. The number of carbonyl (C=O) groups excluding carboxylic acids is 1. The van der Waals surface area contributed by atoms with E-state index in [2.05, 4.69) is 0 Å². The molecule has 0 aliphatic heterocycles. The van der Waals surface area contributed by atoms with E-state index in [9.17, 15) is 9.18 Å². The van der Waals surface area contributed by atoms with Crippen LogP contribution in [0.15, 0.2) is 30.3 Å². The summed E-state index contributed by atoms with van der Waals surface area (Å²) in [7, 11) is 0. The highest BCUT2D eigenvalue weighted by Crippen LogP contribution is 2.38. The van der Waals surface area contributed by atoms with E-state index in [1.165, 1.54) is 24.3 Å². The van der Waals surface area contributed by atoms with Crippen LogP contribution < -0.4 is 0 Å². The predicted octanol–water partition coefficient (Wildman–Crippen LogP) is 5.67. The van der Waals surface area contributed by atoms with Gasteiger partial charge in [-0.3, -0.25) is 4.79 Å². The topological polar surface area (TPSA) is 17.1 Å². The predicted molar refractivity (Wildman–Crippen MR) is 76.3 cm³/mol. The van der Waals surface area contributed by atoms with Crippen molar-refractivity contribution in [1.82, 2.24) is 0 Å². The molecule has 0 saturated carbocycles.